The van der Waals surface area contributed by atoms with Crippen LogP contribution in [0.15, 0.2) is 0 Å². The number of ether oxygens (including phenoxy) is 1. The summed E-state index contributed by atoms with van der Waals surface area (Å²) in [5, 5.41) is 4.01. The SMILES string of the molecule is CC(C)(C)OC(=O)CCNCCBr. The van der Waals surface area contributed by atoms with Gasteiger partial charge in [-0.1, -0.05) is 15.9 Å². The second-order valence-electron chi connectivity index (χ2n) is 3.78. The van der Waals surface area contributed by atoms with Gasteiger partial charge in [0.05, 0.1) is 6.42 Å². The van der Waals surface area contributed by atoms with Crippen LogP contribution in [-0.4, -0.2) is 30.0 Å². The summed E-state index contributed by atoms with van der Waals surface area (Å²) >= 11 is 3.29. The summed E-state index contributed by atoms with van der Waals surface area (Å²) in [6, 6.07) is 0. The molecule has 0 amide bonds. The first-order valence-electron chi connectivity index (χ1n) is 4.44. The molecule has 0 saturated carbocycles. The Bertz CT molecular complexity index is 154. The zero-order valence-corrected chi connectivity index (χ0v) is 10.1. The van der Waals surface area contributed by atoms with Gasteiger partial charge in [0.25, 0.3) is 0 Å². The van der Waals surface area contributed by atoms with Gasteiger partial charge in [0.15, 0.2) is 0 Å². The molecule has 0 atom stereocenters. The van der Waals surface area contributed by atoms with Crippen LogP contribution in [0.4, 0.5) is 0 Å². The Kier molecular flexibility index (Phi) is 6.33. The molecule has 78 valence electrons. The maximum absolute atomic E-state index is 11.1. The number of esters is 1. The Balaban J connectivity index is 3.41. The Morgan fingerprint density at radius 2 is 2.00 bits per heavy atom. The van der Waals surface area contributed by atoms with E-state index in [9.17, 15) is 4.79 Å². The second kappa shape index (κ2) is 6.38. The van der Waals surface area contributed by atoms with Gasteiger partial charge in [-0.05, 0) is 20.8 Å². The maximum atomic E-state index is 11.1. The molecule has 1 N–H and O–H groups in total. The van der Waals surface area contributed by atoms with Crippen LogP contribution < -0.4 is 5.32 Å². The fourth-order valence-corrected chi connectivity index (χ4v) is 1.06. The summed E-state index contributed by atoms with van der Waals surface area (Å²) in [6.07, 6.45) is 0.435. The third-order valence-corrected chi connectivity index (χ3v) is 1.59. The van der Waals surface area contributed by atoms with Gasteiger partial charge < -0.3 is 10.1 Å². The van der Waals surface area contributed by atoms with E-state index in [-0.39, 0.29) is 11.6 Å². The third-order valence-electron chi connectivity index (χ3n) is 1.20. The van der Waals surface area contributed by atoms with E-state index >= 15 is 0 Å². The largest absolute Gasteiger partial charge is 0.460 e. The van der Waals surface area contributed by atoms with E-state index in [0.29, 0.717) is 13.0 Å². The molecule has 4 heteroatoms. The zero-order valence-electron chi connectivity index (χ0n) is 8.52. The number of carbonyl (C=O) groups is 1. The quantitative estimate of drug-likeness (QED) is 0.460. The molecule has 0 aromatic carbocycles. The minimum absolute atomic E-state index is 0.144. The molecule has 13 heavy (non-hydrogen) atoms. The third kappa shape index (κ3) is 9.83. The highest BCUT2D eigenvalue weighted by Gasteiger charge is 2.15. The lowest BCUT2D eigenvalue weighted by Crippen LogP contribution is -2.27. The number of nitrogens with one attached hydrogen (secondary N) is 1. The average Bonchev–Trinajstić information content (AvgIpc) is 1.94. The van der Waals surface area contributed by atoms with Crippen LogP contribution in [0.1, 0.15) is 27.2 Å². The summed E-state index contributed by atoms with van der Waals surface area (Å²) in [7, 11) is 0. The molecular formula is C9H18BrNO2. The molecule has 0 heterocycles. The lowest BCUT2D eigenvalue weighted by Gasteiger charge is -2.19. The second-order valence-corrected chi connectivity index (χ2v) is 4.57. The topological polar surface area (TPSA) is 38.3 Å². The van der Waals surface area contributed by atoms with Crippen LogP contribution in [0, 0.1) is 0 Å². The van der Waals surface area contributed by atoms with E-state index in [1.165, 1.54) is 0 Å². The van der Waals surface area contributed by atoms with E-state index in [2.05, 4.69) is 21.2 Å². The molecule has 0 unspecified atom stereocenters. The van der Waals surface area contributed by atoms with E-state index in [1.54, 1.807) is 0 Å². The number of hydrogen-bond donors (Lipinski definition) is 1. The van der Waals surface area contributed by atoms with Crippen molar-refractivity contribution in [1.82, 2.24) is 5.32 Å². The summed E-state index contributed by atoms with van der Waals surface area (Å²) in [5.74, 6) is -0.144. The van der Waals surface area contributed by atoms with Crippen LogP contribution in [-0.2, 0) is 9.53 Å². The molecule has 0 aromatic heterocycles. The summed E-state index contributed by atoms with van der Waals surface area (Å²) < 4.78 is 5.13. The molecule has 0 saturated heterocycles. The lowest BCUT2D eigenvalue weighted by atomic mass is 10.2. The monoisotopic (exact) mass is 251 g/mol. The normalized spacial score (nSPS) is 11.4. The van der Waals surface area contributed by atoms with Crippen LogP contribution in [0.2, 0.25) is 0 Å². The first-order valence-corrected chi connectivity index (χ1v) is 5.56. The van der Waals surface area contributed by atoms with Gasteiger partial charge in [0, 0.05) is 18.4 Å². The molecule has 0 spiro atoms. The Labute approximate surface area is 88.4 Å². The number of hydrogen-bond acceptors (Lipinski definition) is 3. The Morgan fingerprint density at radius 3 is 2.46 bits per heavy atom. The van der Waals surface area contributed by atoms with Crippen molar-refractivity contribution in [3.05, 3.63) is 0 Å². The molecule has 0 rings (SSSR count). The maximum Gasteiger partial charge on any atom is 0.307 e. The van der Waals surface area contributed by atoms with Gasteiger partial charge >= 0.3 is 5.97 Å². The fraction of sp³-hybridized carbons (Fsp3) is 0.889. The number of alkyl halides is 1. The summed E-state index contributed by atoms with van der Waals surface area (Å²) in [6.45, 7) is 7.17. The van der Waals surface area contributed by atoms with Crippen LogP contribution in [0.25, 0.3) is 0 Å². The number of rotatable bonds is 5. The zero-order chi connectivity index (χ0) is 10.3. The lowest BCUT2D eigenvalue weighted by molar-refractivity contribution is -0.154. The van der Waals surface area contributed by atoms with Gasteiger partial charge in [-0.2, -0.15) is 0 Å². The van der Waals surface area contributed by atoms with Crippen molar-refractivity contribution in [3.8, 4) is 0 Å². The summed E-state index contributed by atoms with van der Waals surface area (Å²) in [5.41, 5.74) is -0.369. The van der Waals surface area contributed by atoms with Crippen molar-refractivity contribution in [2.45, 2.75) is 32.8 Å². The van der Waals surface area contributed by atoms with E-state index in [4.69, 9.17) is 4.74 Å². The standard InChI is InChI=1S/C9H18BrNO2/c1-9(2,3)13-8(12)4-6-11-7-5-10/h11H,4-7H2,1-3H3. The Hall–Kier alpha value is -0.0900. The van der Waals surface area contributed by atoms with E-state index in [1.807, 2.05) is 20.8 Å². The first-order chi connectivity index (χ1) is 5.95. The van der Waals surface area contributed by atoms with Gasteiger partial charge in [-0.25, -0.2) is 0 Å². The van der Waals surface area contributed by atoms with Crippen molar-refractivity contribution in [1.29, 1.82) is 0 Å². The molecule has 0 radical (unpaired) electrons. The van der Waals surface area contributed by atoms with Crippen LogP contribution in [0.5, 0.6) is 0 Å². The van der Waals surface area contributed by atoms with Gasteiger partial charge in [0.1, 0.15) is 5.60 Å². The van der Waals surface area contributed by atoms with Crippen LogP contribution >= 0.6 is 15.9 Å². The minimum atomic E-state index is -0.369. The molecule has 0 aliphatic rings. The molecule has 0 bridgehead atoms. The predicted molar refractivity (Wildman–Crippen MR) is 57.1 cm³/mol. The summed E-state index contributed by atoms with van der Waals surface area (Å²) in [4.78, 5) is 11.1. The average molecular weight is 252 g/mol. The Morgan fingerprint density at radius 1 is 1.38 bits per heavy atom. The first kappa shape index (κ1) is 12.9. The van der Waals surface area contributed by atoms with E-state index < -0.39 is 0 Å². The van der Waals surface area contributed by atoms with Crippen molar-refractivity contribution in [2.24, 2.45) is 0 Å². The number of halogens is 1. The molecule has 0 aliphatic heterocycles. The van der Waals surface area contributed by atoms with Crippen molar-refractivity contribution in [3.63, 3.8) is 0 Å². The smallest absolute Gasteiger partial charge is 0.307 e. The van der Waals surface area contributed by atoms with Gasteiger partial charge in [0.2, 0.25) is 0 Å². The van der Waals surface area contributed by atoms with Crippen molar-refractivity contribution < 1.29 is 9.53 Å². The molecule has 0 aromatic rings. The van der Waals surface area contributed by atoms with Crippen molar-refractivity contribution >= 4 is 21.9 Å². The molecule has 0 fully saturated rings. The predicted octanol–water partition coefficient (Wildman–Crippen LogP) is 1.70. The van der Waals surface area contributed by atoms with Crippen molar-refractivity contribution in [2.75, 3.05) is 18.4 Å². The molecule has 3 nitrogen and oxygen atoms in total. The highest BCUT2D eigenvalue weighted by molar-refractivity contribution is 9.09. The molecular weight excluding hydrogens is 234 g/mol. The van der Waals surface area contributed by atoms with Gasteiger partial charge in [-0.15, -0.1) is 0 Å². The number of carbonyl (C=O) groups excluding carboxylic acids is 1. The highest BCUT2D eigenvalue weighted by Crippen LogP contribution is 2.07. The fourth-order valence-electron chi connectivity index (χ4n) is 0.775. The van der Waals surface area contributed by atoms with Gasteiger partial charge in [-0.3, -0.25) is 4.79 Å². The minimum Gasteiger partial charge on any atom is -0.460 e. The van der Waals surface area contributed by atoms with Crippen LogP contribution in [0.3, 0.4) is 0 Å². The van der Waals surface area contributed by atoms with E-state index in [0.717, 1.165) is 11.9 Å². The molecule has 0 aliphatic carbocycles. The highest BCUT2D eigenvalue weighted by atomic mass is 79.9.